The molecule has 4 heterocycles. The highest BCUT2D eigenvalue weighted by Gasteiger charge is 2.37. The number of aromatic hydroxyl groups is 1. The zero-order chi connectivity index (χ0) is 45.1. The number of H-pyrrole nitrogens is 1. The maximum atomic E-state index is 13.3. The average molecular weight is 880 g/mol. The van der Waals surface area contributed by atoms with Crippen LogP contribution in [0.4, 0.5) is 10.5 Å². The van der Waals surface area contributed by atoms with Crippen molar-refractivity contribution in [3.8, 4) is 11.5 Å². The summed E-state index contributed by atoms with van der Waals surface area (Å²) < 4.78 is 17.6. The van der Waals surface area contributed by atoms with Crippen LogP contribution in [-0.2, 0) is 27.4 Å². The molecule has 6 N–H and O–H groups in total. The number of phenols is 1. The van der Waals surface area contributed by atoms with Crippen LogP contribution in [0.1, 0.15) is 69.5 Å². The summed E-state index contributed by atoms with van der Waals surface area (Å²) in [5.41, 5.74) is 5.20. The molecule has 3 saturated heterocycles. The Hall–Kier alpha value is -7.00. The van der Waals surface area contributed by atoms with Crippen molar-refractivity contribution in [3.05, 3.63) is 171 Å². The molecular formula is C51H53N5O9. The van der Waals surface area contributed by atoms with Crippen molar-refractivity contribution in [2.45, 2.75) is 50.5 Å². The minimum Gasteiger partial charge on any atom is -0.506 e. The number of aromatic amines is 1. The Morgan fingerprint density at radius 1 is 0.831 bits per heavy atom. The van der Waals surface area contributed by atoms with Crippen LogP contribution >= 0.6 is 0 Å². The number of nitrogens with zero attached hydrogens (tertiary/aromatic N) is 1. The van der Waals surface area contributed by atoms with Gasteiger partial charge in [-0.3, -0.25) is 14.5 Å². The molecule has 14 nitrogen and oxygen atoms in total. The van der Waals surface area contributed by atoms with Gasteiger partial charge >= 0.3 is 18.0 Å². The van der Waals surface area contributed by atoms with E-state index < -0.39 is 18.1 Å². The van der Waals surface area contributed by atoms with Gasteiger partial charge in [0.1, 0.15) is 30.8 Å². The van der Waals surface area contributed by atoms with Gasteiger partial charge in [-0.2, -0.15) is 0 Å². The number of esters is 2. The third-order valence-corrected chi connectivity index (χ3v) is 12.1. The van der Waals surface area contributed by atoms with Crippen molar-refractivity contribution in [2.75, 3.05) is 44.6 Å². The standard InChI is InChI=1S/C51H53N5O9/c57-44-19-17-41(42-18-20-47(59)55-49(42)44)45(58)30-52-29-33-11-15-39(16-12-33)54-51(62)53-23-26-63-50(61)37-13-9-34(10-14-37)32-64-40-8-4-7-38(27-40)43(35-5-2-1-3-6-35)28-48(60)65-46-31-56-24-21-36(46)22-25-56/h1-20,27,36,43,45-46,52,57-58H,21-26,28-32H2,(H,55,59)(H2,53,54,62)/t43-,45-,46-/m0/s1. The number of urea groups is 1. The molecule has 6 aromatic rings. The third kappa shape index (κ3) is 11.8. The number of aliphatic hydroxyl groups excluding tert-OH is 1. The second-order valence-corrected chi connectivity index (χ2v) is 16.5. The van der Waals surface area contributed by atoms with E-state index >= 15 is 0 Å². The summed E-state index contributed by atoms with van der Waals surface area (Å²) in [6.45, 7) is 4.02. The topological polar surface area (TPSA) is 192 Å². The van der Waals surface area contributed by atoms with E-state index in [0.717, 1.165) is 54.7 Å². The number of carbonyl (C=O) groups excluding carboxylic acids is 3. The zero-order valence-electron chi connectivity index (χ0n) is 35.9. The fourth-order valence-electron chi connectivity index (χ4n) is 8.55. The summed E-state index contributed by atoms with van der Waals surface area (Å²) in [6, 6.07) is 37.5. The monoisotopic (exact) mass is 879 g/mol. The van der Waals surface area contributed by atoms with Crippen LogP contribution < -0.4 is 26.2 Å². The lowest BCUT2D eigenvalue weighted by atomic mass is 9.85. The molecule has 3 atom stereocenters. The van der Waals surface area contributed by atoms with Gasteiger partial charge in [0.2, 0.25) is 5.56 Å². The van der Waals surface area contributed by atoms with E-state index in [4.69, 9.17) is 14.2 Å². The third-order valence-electron chi connectivity index (χ3n) is 12.1. The fourth-order valence-corrected chi connectivity index (χ4v) is 8.55. The van der Waals surface area contributed by atoms with Crippen molar-refractivity contribution in [1.29, 1.82) is 0 Å². The number of fused-ring (bicyclic) bond motifs is 4. The number of amides is 2. The molecule has 2 amide bonds. The largest absolute Gasteiger partial charge is 0.506 e. The summed E-state index contributed by atoms with van der Waals surface area (Å²) in [6.07, 6.45) is 1.47. The Labute approximate surface area is 376 Å². The van der Waals surface area contributed by atoms with Gasteiger partial charge in [-0.1, -0.05) is 72.8 Å². The molecule has 0 unspecified atom stereocenters. The lowest BCUT2D eigenvalue weighted by Crippen LogP contribution is -2.52. The van der Waals surface area contributed by atoms with E-state index in [-0.39, 0.29) is 67.5 Å². The minimum absolute atomic E-state index is 0.0246. The van der Waals surface area contributed by atoms with E-state index in [9.17, 15) is 29.4 Å². The summed E-state index contributed by atoms with van der Waals surface area (Å²) in [5.74, 6) is 0.143. The normalized spacial score (nSPS) is 17.5. The Bertz CT molecular complexity index is 2630. The minimum atomic E-state index is -0.888. The van der Waals surface area contributed by atoms with Crippen LogP contribution in [0.2, 0.25) is 0 Å². The van der Waals surface area contributed by atoms with Crippen LogP contribution in [0.25, 0.3) is 10.9 Å². The summed E-state index contributed by atoms with van der Waals surface area (Å²) >= 11 is 0. The number of nitrogens with one attached hydrogen (secondary N) is 4. The number of benzene rings is 5. The Kier molecular flexibility index (Phi) is 14.5. The number of carbonyl (C=O) groups is 3. The van der Waals surface area contributed by atoms with Gasteiger partial charge in [0, 0.05) is 42.7 Å². The number of phenolic OH excluding ortho intramolecular Hbond substituents is 1. The highest BCUT2D eigenvalue weighted by molar-refractivity contribution is 5.90. The van der Waals surface area contributed by atoms with E-state index in [1.807, 2.05) is 66.7 Å². The van der Waals surface area contributed by atoms with Crippen molar-refractivity contribution < 1.29 is 38.8 Å². The lowest BCUT2D eigenvalue weighted by Gasteiger charge is -2.44. The number of piperidine rings is 3. The molecule has 0 radical (unpaired) electrons. The maximum Gasteiger partial charge on any atom is 0.338 e. The summed E-state index contributed by atoms with van der Waals surface area (Å²) in [4.78, 5) is 55.3. The van der Waals surface area contributed by atoms with Gasteiger partial charge < -0.3 is 45.4 Å². The molecule has 336 valence electrons. The molecule has 3 aliphatic heterocycles. The van der Waals surface area contributed by atoms with Crippen LogP contribution in [0, 0.1) is 5.92 Å². The molecule has 14 heteroatoms. The average Bonchev–Trinajstić information content (AvgIpc) is 3.33. The molecule has 65 heavy (non-hydrogen) atoms. The first-order valence-corrected chi connectivity index (χ1v) is 22.0. The van der Waals surface area contributed by atoms with Crippen LogP contribution in [0.15, 0.2) is 132 Å². The second kappa shape index (κ2) is 21.1. The number of anilines is 1. The fraction of sp³-hybridized carbons (Fsp3) is 0.294. The van der Waals surface area contributed by atoms with Gasteiger partial charge in [0.15, 0.2) is 0 Å². The van der Waals surface area contributed by atoms with Crippen molar-refractivity contribution in [2.24, 2.45) is 5.92 Å². The molecule has 3 fully saturated rings. The lowest BCUT2D eigenvalue weighted by molar-refractivity contribution is -0.159. The highest BCUT2D eigenvalue weighted by atomic mass is 16.5. The molecule has 0 aliphatic carbocycles. The number of pyridine rings is 1. The number of hydrogen-bond acceptors (Lipinski definition) is 11. The molecule has 5 aromatic carbocycles. The SMILES string of the molecule is O=C(NCCOC(=O)c1ccc(COc2cccc([C@@H](CC(=O)O[C@H]3CN4CCC3CC4)c3ccccc3)c2)cc1)Nc1ccc(CNC[C@H](O)c2ccc(O)c3[nH]c(=O)ccc23)cc1. The Morgan fingerprint density at radius 3 is 2.34 bits per heavy atom. The van der Waals surface area contributed by atoms with E-state index in [1.165, 1.54) is 12.1 Å². The predicted molar refractivity (Wildman–Crippen MR) is 246 cm³/mol. The predicted octanol–water partition coefficient (Wildman–Crippen LogP) is 6.77. The van der Waals surface area contributed by atoms with Gasteiger partial charge in [0.05, 0.1) is 30.1 Å². The van der Waals surface area contributed by atoms with Crippen molar-refractivity contribution >= 4 is 34.6 Å². The zero-order valence-corrected chi connectivity index (χ0v) is 35.9. The van der Waals surface area contributed by atoms with Crippen LogP contribution in [0.3, 0.4) is 0 Å². The highest BCUT2D eigenvalue weighted by Crippen LogP contribution is 2.34. The molecule has 3 aliphatic rings. The number of aliphatic hydroxyl groups is 1. The first-order chi connectivity index (χ1) is 31.6. The van der Waals surface area contributed by atoms with Crippen LogP contribution in [0.5, 0.6) is 11.5 Å². The maximum absolute atomic E-state index is 13.3. The summed E-state index contributed by atoms with van der Waals surface area (Å²) in [5, 5.41) is 30.1. The first kappa shape index (κ1) is 44.6. The molecular weight excluding hydrogens is 827 g/mol. The Balaban J connectivity index is 0.742. The van der Waals surface area contributed by atoms with Gasteiger partial charge in [0.25, 0.3) is 0 Å². The van der Waals surface area contributed by atoms with Gasteiger partial charge in [-0.25, -0.2) is 9.59 Å². The Morgan fingerprint density at radius 2 is 1.58 bits per heavy atom. The number of hydrogen-bond donors (Lipinski definition) is 6. The molecule has 1 aromatic heterocycles. The van der Waals surface area contributed by atoms with Crippen LogP contribution in [-0.4, -0.2) is 83.5 Å². The number of ether oxygens (including phenoxy) is 3. The van der Waals surface area contributed by atoms with Gasteiger partial charge in [-0.05, 0) is 108 Å². The van der Waals surface area contributed by atoms with E-state index in [2.05, 4.69) is 25.8 Å². The molecule has 0 saturated carbocycles. The number of rotatable bonds is 18. The van der Waals surface area contributed by atoms with Gasteiger partial charge in [-0.15, -0.1) is 0 Å². The molecule has 0 spiro atoms. The smallest absolute Gasteiger partial charge is 0.338 e. The van der Waals surface area contributed by atoms with E-state index in [0.29, 0.717) is 40.4 Å². The van der Waals surface area contributed by atoms with Crippen molar-refractivity contribution in [3.63, 3.8) is 0 Å². The quantitative estimate of drug-likeness (QED) is 0.0395. The first-order valence-electron chi connectivity index (χ1n) is 22.0. The molecule has 2 bridgehead atoms. The van der Waals surface area contributed by atoms with E-state index in [1.54, 1.807) is 48.5 Å². The number of aromatic nitrogens is 1. The van der Waals surface area contributed by atoms with Crippen molar-refractivity contribution in [1.82, 2.24) is 20.5 Å². The summed E-state index contributed by atoms with van der Waals surface area (Å²) in [7, 11) is 0. The second-order valence-electron chi connectivity index (χ2n) is 16.5. The molecule has 9 rings (SSSR count).